The summed E-state index contributed by atoms with van der Waals surface area (Å²) in [6, 6.07) is 18.1. The molecule has 154 valence electrons. The molecule has 7 heteroatoms. The van der Waals surface area contributed by atoms with Crippen LogP contribution in [0.3, 0.4) is 0 Å². The van der Waals surface area contributed by atoms with Crippen LogP contribution in [0.25, 0.3) is 5.69 Å². The molecule has 1 aliphatic heterocycles. The SMILES string of the molecule is O=C1c2ccccc2CCCC1Sc1nnc(N2CCOCC2)n1-c1ccccc1. The third kappa shape index (κ3) is 3.75. The number of anilines is 1. The summed E-state index contributed by atoms with van der Waals surface area (Å²) in [5, 5.41) is 9.66. The first-order valence-electron chi connectivity index (χ1n) is 10.4. The Bertz CT molecular complexity index is 1030. The van der Waals surface area contributed by atoms with Gasteiger partial charge in [-0.3, -0.25) is 9.36 Å². The monoisotopic (exact) mass is 420 g/mol. The van der Waals surface area contributed by atoms with Crippen LogP contribution in [-0.4, -0.2) is 52.1 Å². The van der Waals surface area contributed by atoms with Crippen LogP contribution in [0.15, 0.2) is 59.8 Å². The van der Waals surface area contributed by atoms with E-state index in [1.54, 1.807) is 0 Å². The third-order valence-electron chi connectivity index (χ3n) is 5.66. The van der Waals surface area contributed by atoms with E-state index in [4.69, 9.17) is 4.74 Å². The summed E-state index contributed by atoms with van der Waals surface area (Å²) in [6.07, 6.45) is 2.78. The number of aryl methyl sites for hydroxylation is 1. The molecule has 0 amide bonds. The molecule has 2 aliphatic rings. The number of nitrogens with zero attached hydrogens (tertiary/aromatic N) is 4. The maximum absolute atomic E-state index is 13.3. The number of hydrogen-bond acceptors (Lipinski definition) is 6. The summed E-state index contributed by atoms with van der Waals surface area (Å²) in [7, 11) is 0. The van der Waals surface area contributed by atoms with Gasteiger partial charge >= 0.3 is 0 Å². The Morgan fingerprint density at radius 3 is 2.57 bits per heavy atom. The molecule has 1 saturated heterocycles. The predicted molar refractivity (Wildman–Crippen MR) is 118 cm³/mol. The Hall–Kier alpha value is -2.64. The van der Waals surface area contributed by atoms with Crippen LogP contribution in [0.1, 0.15) is 28.8 Å². The number of para-hydroxylation sites is 1. The second-order valence-electron chi connectivity index (χ2n) is 7.57. The van der Waals surface area contributed by atoms with E-state index in [0.717, 1.165) is 60.3 Å². The second kappa shape index (κ2) is 8.62. The number of ketones is 1. The van der Waals surface area contributed by atoms with Crippen LogP contribution in [0, 0.1) is 0 Å². The number of thioether (sulfide) groups is 1. The van der Waals surface area contributed by atoms with Crippen LogP contribution in [0.4, 0.5) is 5.95 Å². The summed E-state index contributed by atoms with van der Waals surface area (Å²) in [6.45, 7) is 2.93. The molecule has 6 nitrogen and oxygen atoms in total. The summed E-state index contributed by atoms with van der Waals surface area (Å²) >= 11 is 1.54. The molecule has 1 unspecified atom stereocenters. The van der Waals surface area contributed by atoms with Gasteiger partial charge in [0.25, 0.3) is 0 Å². The molecule has 0 radical (unpaired) electrons. The minimum atomic E-state index is -0.155. The molecule has 2 aromatic carbocycles. The molecule has 1 atom stereocenters. The molecule has 0 N–H and O–H groups in total. The van der Waals surface area contributed by atoms with Gasteiger partial charge in [0.2, 0.25) is 5.95 Å². The second-order valence-corrected chi connectivity index (χ2v) is 8.74. The van der Waals surface area contributed by atoms with E-state index >= 15 is 0 Å². The van der Waals surface area contributed by atoms with E-state index in [-0.39, 0.29) is 11.0 Å². The predicted octanol–water partition coefficient (Wildman–Crippen LogP) is 3.78. The summed E-state index contributed by atoms with van der Waals surface area (Å²) in [5.74, 6) is 1.01. The number of fused-ring (bicyclic) bond motifs is 1. The molecule has 1 aliphatic carbocycles. The lowest BCUT2D eigenvalue weighted by molar-refractivity contribution is 0.0988. The van der Waals surface area contributed by atoms with Crippen LogP contribution in [0.5, 0.6) is 0 Å². The van der Waals surface area contributed by atoms with Gasteiger partial charge in [0.15, 0.2) is 10.9 Å². The summed E-state index contributed by atoms with van der Waals surface area (Å²) in [4.78, 5) is 15.5. The van der Waals surface area contributed by atoms with E-state index in [1.165, 1.54) is 11.8 Å². The Morgan fingerprint density at radius 1 is 0.967 bits per heavy atom. The molecule has 2 heterocycles. The average molecular weight is 421 g/mol. The Morgan fingerprint density at radius 2 is 1.73 bits per heavy atom. The molecule has 0 saturated carbocycles. The van der Waals surface area contributed by atoms with Gasteiger partial charge in [0.05, 0.1) is 24.2 Å². The molecular weight excluding hydrogens is 396 g/mol. The first-order valence-corrected chi connectivity index (χ1v) is 11.3. The highest BCUT2D eigenvalue weighted by molar-refractivity contribution is 8.00. The lowest BCUT2D eigenvalue weighted by atomic mass is 10.0. The minimum absolute atomic E-state index is 0.155. The van der Waals surface area contributed by atoms with Crippen molar-refractivity contribution in [1.29, 1.82) is 0 Å². The number of benzene rings is 2. The summed E-state index contributed by atoms with van der Waals surface area (Å²) < 4.78 is 7.59. The first kappa shape index (κ1) is 19.3. The van der Waals surface area contributed by atoms with E-state index in [1.807, 2.05) is 36.4 Å². The lowest BCUT2D eigenvalue weighted by Gasteiger charge is -2.28. The zero-order valence-electron chi connectivity index (χ0n) is 16.7. The fourth-order valence-electron chi connectivity index (χ4n) is 4.11. The molecule has 1 fully saturated rings. The number of carbonyl (C=O) groups excluding carboxylic acids is 1. The first-order chi connectivity index (χ1) is 14.8. The number of rotatable bonds is 4. The highest BCUT2D eigenvalue weighted by Crippen LogP contribution is 2.35. The summed E-state index contributed by atoms with van der Waals surface area (Å²) in [5.41, 5.74) is 3.02. The number of carbonyl (C=O) groups is 1. The van der Waals surface area contributed by atoms with Crippen molar-refractivity contribution in [3.05, 3.63) is 65.7 Å². The normalized spacial score (nSPS) is 19.4. The van der Waals surface area contributed by atoms with Crippen molar-refractivity contribution >= 4 is 23.5 Å². The maximum atomic E-state index is 13.3. The average Bonchev–Trinajstić information content (AvgIpc) is 3.16. The highest BCUT2D eigenvalue weighted by Gasteiger charge is 2.29. The molecule has 30 heavy (non-hydrogen) atoms. The topological polar surface area (TPSA) is 60.3 Å². The maximum Gasteiger partial charge on any atom is 0.232 e. The van der Waals surface area contributed by atoms with Crippen molar-refractivity contribution < 1.29 is 9.53 Å². The van der Waals surface area contributed by atoms with Gasteiger partial charge in [0.1, 0.15) is 0 Å². The number of ether oxygens (including phenoxy) is 1. The van der Waals surface area contributed by atoms with E-state index in [9.17, 15) is 4.79 Å². The fourth-order valence-corrected chi connectivity index (χ4v) is 5.26. The van der Waals surface area contributed by atoms with Crippen LogP contribution in [-0.2, 0) is 11.2 Å². The van der Waals surface area contributed by atoms with Crippen molar-refractivity contribution in [3.63, 3.8) is 0 Å². The molecular formula is C23H24N4O2S. The third-order valence-corrected chi connectivity index (χ3v) is 6.87. The molecule has 1 aromatic heterocycles. The van der Waals surface area contributed by atoms with Gasteiger partial charge in [-0.2, -0.15) is 0 Å². The molecule has 5 rings (SSSR count). The quantitative estimate of drug-likeness (QED) is 0.599. The zero-order valence-corrected chi connectivity index (χ0v) is 17.6. The lowest BCUT2D eigenvalue weighted by Crippen LogP contribution is -2.37. The highest BCUT2D eigenvalue weighted by atomic mass is 32.2. The van der Waals surface area contributed by atoms with Crippen molar-refractivity contribution in [1.82, 2.24) is 14.8 Å². The van der Waals surface area contributed by atoms with Crippen molar-refractivity contribution in [2.24, 2.45) is 0 Å². The van der Waals surface area contributed by atoms with Crippen LogP contribution >= 0.6 is 11.8 Å². The Kier molecular flexibility index (Phi) is 5.55. The van der Waals surface area contributed by atoms with Crippen molar-refractivity contribution in [2.45, 2.75) is 29.7 Å². The van der Waals surface area contributed by atoms with Gasteiger partial charge in [-0.05, 0) is 37.0 Å². The van der Waals surface area contributed by atoms with Crippen molar-refractivity contribution in [3.8, 4) is 5.69 Å². The zero-order chi connectivity index (χ0) is 20.3. The fraction of sp³-hybridized carbons (Fsp3) is 0.348. The van der Waals surface area contributed by atoms with E-state index < -0.39 is 0 Å². The van der Waals surface area contributed by atoms with Crippen LogP contribution < -0.4 is 4.90 Å². The number of hydrogen-bond donors (Lipinski definition) is 0. The standard InChI is InChI=1S/C23H24N4O2S/c28-21-19-11-5-4-7-17(19)8-6-12-20(21)30-23-25-24-22(26-13-15-29-16-14-26)27(23)18-9-2-1-3-10-18/h1-5,7,9-11,20H,6,8,12-16H2. The van der Waals surface area contributed by atoms with E-state index in [0.29, 0.717) is 13.2 Å². The van der Waals surface area contributed by atoms with Gasteiger partial charge in [-0.25, -0.2) is 0 Å². The largest absolute Gasteiger partial charge is 0.378 e. The van der Waals surface area contributed by atoms with Gasteiger partial charge < -0.3 is 9.64 Å². The molecule has 0 spiro atoms. The molecule has 3 aromatic rings. The van der Waals surface area contributed by atoms with Gasteiger partial charge in [0, 0.05) is 18.7 Å². The number of Topliss-reactive ketones (excluding diaryl/α,β-unsaturated/α-hetero) is 1. The van der Waals surface area contributed by atoms with E-state index in [2.05, 4.69) is 37.9 Å². The smallest absolute Gasteiger partial charge is 0.232 e. The number of morpholine rings is 1. The number of aromatic nitrogens is 3. The van der Waals surface area contributed by atoms with Crippen LogP contribution in [0.2, 0.25) is 0 Å². The Balaban J connectivity index is 1.50. The minimum Gasteiger partial charge on any atom is -0.378 e. The Labute approximate surface area is 180 Å². The van der Waals surface area contributed by atoms with Crippen molar-refractivity contribution in [2.75, 3.05) is 31.2 Å². The van der Waals surface area contributed by atoms with Gasteiger partial charge in [-0.15, -0.1) is 10.2 Å². The molecule has 0 bridgehead atoms. The van der Waals surface area contributed by atoms with Gasteiger partial charge in [-0.1, -0.05) is 54.2 Å².